The summed E-state index contributed by atoms with van der Waals surface area (Å²) in [7, 11) is 0. The molecule has 0 fully saturated rings. The van der Waals surface area contributed by atoms with Crippen LogP contribution in [0.3, 0.4) is 0 Å². The molecule has 0 bridgehead atoms. The number of hydrogen-bond acceptors (Lipinski definition) is 3. The summed E-state index contributed by atoms with van der Waals surface area (Å²) in [6.45, 7) is 5.52. The second-order valence-corrected chi connectivity index (χ2v) is 4.79. The van der Waals surface area contributed by atoms with Crippen LogP contribution in [0.25, 0.3) is 22.6 Å². The zero-order valence-electron chi connectivity index (χ0n) is 11.8. The molecule has 5 heteroatoms. The molecule has 20 heavy (non-hydrogen) atoms. The molecule has 3 N–H and O–H groups in total. The molecule has 3 aromatic rings. The summed E-state index contributed by atoms with van der Waals surface area (Å²) in [4.78, 5) is 8.08. The van der Waals surface area contributed by atoms with Gasteiger partial charge in [-0.3, -0.25) is 4.68 Å². The fourth-order valence-corrected chi connectivity index (χ4v) is 2.45. The average Bonchev–Trinajstić information content (AvgIpc) is 3.09. The molecule has 0 unspecified atom stereocenters. The molecule has 0 spiro atoms. The Bertz CT molecular complexity index is 738. The van der Waals surface area contributed by atoms with Crippen LogP contribution in [-0.4, -0.2) is 19.7 Å². The van der Waals surface area contributed by atoms with Gasteiger partial charge in [0, 0.05) is 13.1 Å². The highest BCUT2D eigenvalue weighted by atomic mass is 15.3. The van der Waals surface area contributed by atoms with E-state index in [2.05, 4.69) is 30.0 Å². The molecule has 0 aliphatic heterocycles. The summed E-state index contributed by atoms with van der Waals surface area (Å²) in [6.07, 6.45) is 0.925. The summed E-state index contributed by atoms with van der Waals surface area (Å²) < 4.78 is 1.98. The highest BCUT2D eigenvalue weighted by molar-refractivity contribution is 5.82. The van der Waals surface area contributed by atoms with Gasteiger partial charge in [0.1, 0.15) is 5.69 Å². The number of nitrogens with zero attached hydrogens (tertiary/aromatic N) is 3. The zero-order valence-corrected chi connectivity index (χ0v) is 11.8. The van der Waals surface area contributed by atoms with Crippen molar-refractivity contribution in [2.75, 3.05) is 0 Å². The van der Waals surface area contributed by atoms with Crippen LogP contribution in [0.15, 0.2) is 24.3 Å². The lowest BCUT2D eigenvalue weighted by atomic mass is 10.2. The molecule has 0 aliphatic rings. The number of aryl methyl sites for hydroxylation is 2. The third-order valence-corrected chi connectivity index (χ3v) is 3.55. The first kappa shape index (κ1) is 12.9. The van der Waals surface area contributed by atoms with Crippen LogP contribution in [0.2, 0.25) is 0 Å². The van der Waals surface area contributed by atoms with Gasteiger partial charge in [0.2, 0.25) is 0 Å². The molecule has 104 valence electrons. The number of benzene rings is 1. The van der Waals surface area contributed by atoms with E-state index >= 15 is 0 Å². The number of hydrogen-bond donors (Lipinski definition) is 2. The number of para-hydroxylation sites is 1. The van der Waals surface area contributed by atoms with Crippen molar-refractivity contribution in [1.29, 1.82) is 0 Å². The fourth-order valence-electron chi connectivity index (χ4n) is 2.45. The number of H-pyrrole nitrogens is 1. The molecule has 0 saturated heterocycles. The van der Waals surface area contributed by atoms with Crippen LogP contribution in [0.4, 0.5) is 0 Å². The normalized spacial score (nSPS) is 11.3. The van der Waals surface area contributed by atoms with E-state index in [1.807, 2.05) is 22.9 Å². The van der Waals surface area contributed by atoms with E-state index in [1.165, 1.54) is 0 Å². The second kappa shape index (κ2) is 5.09. The van der Waals surface area contributed by atoms with Crippen LogP contribution in [0.1, 0.15) is 25.1 Å². The Morgan fingerprint density at radius 3 is 2.85 bits per heavy atom. The van der Waals surface area contributed by atoms with Crippen molar-refractivity contribution in [1.82, 2.24) is 19.7 Å². The number of aromatic nitrogens is 4. The molecular weight excluding hydrogens is 250 g/mol. The third-order valence-electron chi connectivity index (χ3n) is 3.55. The van der Waals surface area contributed by atoms with Crippen molar-refractivity contribution in [2.45, 2.75) is 33.4 Å². The van der Waals surface area contributed by atoms with Gasteiger partial charge in [-0.15, -0.1) is 0 Å². The highest BCUT2D eigenvalue weighted by Gasteiger charge is 2.13. The summed E-state index contributed by atoms with van der Waals surface area (Å²) in [5.41, 5.74) is 10.9. The predicted molar refractivity (Wildman–Crippen MR) is 80.3 cm³/mol. The number of fused-ring (bicyclic) bond motifs is 1. The van der Waals surface area contributed by atoms with E-state index in [0.717, 1.165) is 46.8 Å². The molecule has 2 aromatic heterocycles. The largest absolute Gasteiger partial charge is 0.337 e. The van der Waals surface area contributed by atoms with Gasteiger partial charge in [-0.1, -0.05) is 19.1 Å². The molecule has 5 nitrogen and oxygen atoms in total. The first-order valence-corrected chi connectivity index (χ1v) is 7.01. The summed E-state index contributed by atoms with van der Waals surface area (Å²) in [6, 6.07) is 8.14. The molecule has 0 saturated carbocycles. The molecule has 1 aromatic carbocycles. The van der Waals surface area contributed by atoms with Gasteiger partial charge in [0.05, 0.1) is 16.7 Å². The van der Waals surface area contributed by atoms with Gasteiger partial charge < -0.3 is 10.7 Å². The van der Waals surface area contributed by atoms with Gasteiger partial charge >= 0.3 is 0 Å². The first-order chi connectivity index (χ1) is 9.76. The Morgan fingerprint density at radius 2 is 2.15 bits per heavy atom. The van der Waals surface area contributed by atoms with E-state index in [1.54, 1.807) is 0 Å². The zero-order chi connectivity index (χ0) is 14.1. The van der Waals surface area contributed by atoms with E-state index in [9.17, 15) is 0 Å². The second-order valence-electron chi connectivity index (χ2n) is 4.79. The first-order valence-electron chi connectivity index (χ1n) is 7.01. The summed E-state index contributed by atoms with van der Waals surface area (Å²) in [5.74, 6) is 0.856. The van der Waals surface area contributed by atoms with E-state index in [4.69, 9.17) is 10.7 Å². The number of imidazole rings is 1. The van der Waals surface area contributed by atoms with E-state index < -0.39 is 0 Å². The SMILES string of the molecule is CCc1cc(-c2nc3c(CN)cccc3[nH]2)n(CC)n1. The molecule has 0 amide bonds. The Kier molecular flexibility index (Phi) is 3.28. The maximum absolute atomic E-state index is 5.77. The fraction of sp³-hybridized carbons (Fsp3) is 0.333. The van der Waals surface area contributed by atoms with Crippen molar-refractivity contribution >= 4 is 11.0 Å². The maximum atomic E-state index is 5.77. The van der Waals surface area contributed by atoms with Gasteiger partial charge in [-0.2, -0.15) is 5.10 Å². The number of rotatable bonds is 4. The summed E-state index contributed by atoms with van der Waals surface area (Å²) >= 11 is 0. The van der Waals surface area contributed by atoms with Crippen LogP contribution < -0.4 is 5.73 Å². The van der Waals surface area contributed by atoms with Crippen LogP contribution in [-0.2, 0) is 19.5 Å². The monoisotopic (exact) mass is 269 g/mol. The minimum absolute atomic E-state index is 0.495. The Labute approximate surface area is 117 Å². The van der Waals surface area contributed by atoms with Gasteiger partial charge in [0.15, 0.2) is 5.82 Å². The van der Waals surface area contributed by atoms with Crippen LogP contribution in [0, 0.1) is 0 Å². The van der Waals surface area contributed by atoms with Crippen LogP contribution >= 0.6 is 0 Å². The maximum Gasteiger partial charge on any atom is 0.156 e. The predicted octanol–water partition coefficient (Wildman–Crippen LogP) is 2.47. The lowest BCUT2D eigenvalue weighted by Gasteiger charge is -2.00. The van der Waals surface area contributed by atoms with Crippen molar-refractivity contribution in [3.8, 4) is 11.5 Å². The highest BCUT2D eigenvalue weighted by Crippen LogP contribution is 2.23. The van der Waals surface area contributed by atoms with Crippen molar-refractivity contribution in [2.24, 2.45) is 5.73 Å². The molecular formula is C15H19N5. The lowest BCUT2D eigenvalue weighted by Crippen LogP contribution is -2.00. The Hall–Kier alpha value is -2.14. The standard InChI is InChI=1S/C15H19N5/c1-3-11-8-13(20(4-2)19-11)15-17-12-7-5-6-10(9-16)14(12)18-15/h5-8H,3-4,9,16H2,1-2H3,(H,17,18). The Morgan fingerprint density at radius 1 is 1.30 bits per heavy atom. The number of aromatic amines is 1. The van der Waals surface area contributed by atoms with E-state index in [-0.39, 0.29) is 0 Å². The van der Waals surface area contributed by atoms with E-state index in [0.29, 0.717) is 6.54 Å². The molecule has 0 aliphatic carbocycles. The van der Waals surface area contributed by atoms with Crippen molar-refractivity contribution in [3.05, 3.63) is 35.5 Å². The molecule has 0 atom stereocenters. The molecule has 2 heterocycles. The number of nitrogens with one attached hydrogen (secondary N) is 1. The van der Waals surface area contributed by atoms with Crippen LogP contribution in [0.5, 0.6) is 0 Å². The minimum Gasteiger partial charge on any atom is -0.337 e. The average molecular weight is 269 g/mol. The van der Waals surface area contributed by atoms with Crippen molar-refractivity contribution < 1.29 is 0 Å². The summed E-state index contributed by atoms with van der Waals surface area (Å²) in [5, 5.41) is 4.57. The lowest BCUT2D eigenvalue weighted by molar-refractivity contribution is 0.653. The minimum atomic E-state index is 0.495. The topological polar surface area (TPSA) is 72.5 Å². The third kappa shape index (κ3) is 2.00. The van der Waals surface area contributed by atoms with Gasteiger partial charge in [-0.05, 0) is 31.0 Å². The van der Waals surface area contributed by atoms with Gasteiger partial charge in [0.25, 0.3) is 0 Å². The van der Waals surface area contributed by atoms with Crippen molar-refractivity contribution in [3.63, 3.8) is 0 Å². The molecule has 0 radical (unpaired) electrons. The Balaban J connectivity index is 2.17. The van der Waals surface area contributed by atoms with Gasteiger partial charge in [-0.25, -0.2) is 4.98 Å². The smallest absolute Gasteiger partial charge is 0.156 e. The molecule has 3 rings (SSSR count). The quantitative estimate of drug-likeness (QED) is 0.764. The number of nitrogens with two attached hydrogens (primary N) is 1.